The molecule has 1 N–H and O–H groups in total. The molecule has 3 rings (SSSR count). The van der Waals surface area contributed by atoms with E-state index in [4.69, 9.17) is 4.42 Å². The number of carbonyl (C=O) groups excluding carboxylic acids is 2. The Labute approximate surface area is 151 Å². The van der Waals surface area contributed by atoms with Crippen LogP contribution in [0.2, 0.25) is 0 Å². The molecule has 1 aliphatic rings. The molecule has 5 nitrogen and oxygen atoms in total. The number of rotatable bonds is 6. The third-order valence-corrected chi connectivity index (χ3v) is 5.23. The zero-order valence-corrected chi connectivity index (χ0v) is 14.8. The van der Waals surface area contributed by atoms with E-state index in [-0.39, 0.29) is 17.9 Å². The van der Waals surface area contributed by atoms with Crippen molar-refractivity contribution in [1.29, 1.82) is 0 Å². The monoisotopic (exact) mass is 358 g/mol. The molecule has 0 saturated carbocycles. The molecule has 1 aromatic carbocycles. The zero-order valence-electron chi connectivity index (χ0n) is 14.0. The van der Waals surface area contributed by atoms with E-state index in [1.165, 1.54) is 11.2 Å². The molecule has 1 aliphatic heterocycles. The van der Waals surface area contributed by atoms with Crippen molar-refractivity contribution >= 4 is 23.6 Å². The van der Waals surface area contributed by atoms with Crippen LogP contribution in [0.25, 0.3) is 0 Å². The standard InChI is InChI=1S/C19H22N2O3S/c22-18(10-14-25-16-5-2-1-3-6-16)20-15-8-11-21(12-9-15)19(23)17-7-4-13-24-17/h1-7,13,15H,8-12,14H2,(H,20,22). The van der Waals surface area contributed by atoms with Gasteiger partial charge in [0.15, 0.2) is 5.76 Å². The highest BCUT2D eigenvalue weighted by Gasteiger charge is 2.25. The van der Waals surface area contributed by atoms with Gasteiger partial charge in [-0.3, -0.25) is 9.59 Å². The minimum absolute atomic E-state index is 0.0750. The van der Waals surface area contributed by atoms with Crippen LogP contribution in [0.1, 0.15) is 29.8 Å². The zero-order chi connectivity index (χ0) is 17.5. The Morgan fingerprint density at radius 1 is 1.12 bits per heavy atom. The molecule has 1 fully saturated rings. The van der Waals surface area contributed by atoms with Crippen molar-refractivity contribution in [2.24, 2.45) is 0 Å². The van der Waals surface area contributed by atoms with Crippen molar-refractivity contribution < 1.29 is 14.0 Å². The van der Waals surface area contributed by atoms with Crippen molar-refractivity contribution in [1.82, 2.24) is 10.2 Å². The maximum atomic E-state index is 12.2. The molecule has 25 heavy (non-hydrogen) atoms. The predicted molar refractivity (Wildman–Crippen MR) is 97.6 cm³/mol. The molecule has 2 heterocycles. The van der Waals surface area contributed by atoms with Crippen LogP contribution in [0.15, 0.2) is 58.0 Å². The number of furan rings is 1. The number of amides is 2. The first-order chi connectivity index (χ1) is 12.2. The number of piperidine rings is 1. The fraction of sp³-hybridized carbons (Fsp3) is 0.368. The summed E-state index contributed by atoms with van der Waals surface area (Å²) < 4.78 is 5.16. The van der Waals surface area contributed by atoms with Crippen LogP contribution in [0.5, 0.6) is 0 Å². The van der Waals surface area contributed by atoms with E-state index in [1.54, 1.807) is 28.8 Å². The summed E-state index contributed by atoms with van der Waals surface area (Å²) in [5.74, 6) is 1.15. The quantitative estimate of drug-likeness (QED) is 0.806. The largest absolute Gasteiger partial charge is 0.459 e. The highest BCUT2D eigenvalue weighted by molar-refractivity contribution is 7.99. The normalized spacial score (nSPS) is 15.1. The van der Waals surface area contributed by atoms with E-state index < -0.39 is 0 Å². The highest BCUT2D eigenvalue weighted by Crippen LogP contribution is 2.18. The lowest BCUT2D eigenvalue weighted by Crippen LogP contribution is -2.46. The van der Waals surface area contributed by atoms with Gasteiger partial charge in [-0.05, 0) is 37.1 Å². The molecule has 1 saturated heterocycles. The van der Waals surface area contributed by atoms with Gasteiger partial charge in [-0.25, -0.2) is 0 Å². The second-order valence-electron chi connectivity index (χ2n) is 6.02. The number of nitrogens with one attached hydrogen (secondary N) is 1. The van der Waals surface area contributed by atoms with Crippen molar-refractivity contribution in [2.75, 3.05) is 18.8 Å². The minimum Gasteiger partial charge on any atom is -0.459 e. The summed E-state index contributed by atoms with van der Waals surface area (Å²) >= 11 is 1.69. The molecular formula is C19H22N2O3S. The summed E-state index contributed by atoms with van der Waals surface area (Å²) in [4.78, 5) is 27.3. The van der Waals surface area contributed by atoms with Gasteiger partial charge in [0.25, 0.3) is 5.91 Å². The fourth-order valence-corrected chi connectivity index (χ4v) is 3.73. The van der Waals surface area contributed by atoms with Crippen molar-refractivity contribution in [3.05, 3.63) is 54.5 Å². The number of nitrogens with zero attached hydrogens (tertiary/aromatic N) is 1. The summed E-state index contributed by atoms with van der Waals surface area (Å²) in [6.45, 7) is 1.28. The molecule has 0 radical (unpaired) electrons. The van der Waals surface area contributed by atoms with Gasteiger partial charge in [0.2, 0.25) is 5.91 Å². The molecule has 0 bridgehead atoms. The second-order valence-corrected chi connectivity index (χ2v) is 7.19. The summed E-state index contributed by atoms with van der Waals surface area (Å²) in [5, 5.41) is 3.09. The first-order valence-corrected chi connectivity index (χ1v) is 9.51. The summed E-state index contributed by atoms with van der Waals surface area (Å²) in [5.41, 5.74) is 0. The van der Waals surface area contributed by atoms with Crippen LogP contribution in [0, 0.1) is 0 Å². The molecule has 0 unspecified atom stereocenters. The Balaban J connectivity index is 1.35. The number of carbonyl (C=O) groups is 2. The molecule has 0 atom stereocenters. The average molecular weight is 358 g/mol. The third kappa shape index (κ3) is 5.13. The molecule has 0 aliphatic carbocycles. The Kier molecular flexibility index (Phi) is 6.17. The van der Waals surface area contributed by atoms with Gasteiger partial charge >= 0.3 is 0 Å². The lowest BCUT2D eigenvalue weighted by atomic mass is 10.0. The Bertz CT molecular complexity index is 680. The Morgan fingerprint density at radius 2 is 1.88 bits per heavy atom. The molecule has 6 heteroatoms. The third-order valence-electron chi connectivity index (χ3n) is 4.22. The van der Waals surface area contributed by atoms with E-state index in [0.717, 1.165) is 18.6 Å². The molecule has 2 amide bonds. The fourth-order valence-electron chi connectivity index (χ4n) is 2.86. The number of thioether (sulfide) groups is 1. The molecular weight excluding hydrogens is 336 g/mol. The smallest absolute Gasteiger partial charge is 0.289 e. The molecule has 0 spiro atoms. The Morgan fingerprint density at radius 3 is 2.56 bits per heavy atom. The van der Waals surface area contributed by atoms with Crippen LogP contribution in [-0.4, -0.2) is 41.6 Å². The highest BCUT2D eigenvalue weighted by atomic mass is 32.2. The van der Waals surface area contributed by atoms with Gasteiger partial charge in [-0.15, -0.1) is 11.8 Å². The molecule has 2 aromatic rings. The molecule has 132 valence electrons. The van der Waals surface area contributed by atoms with E-state index in [0.29, 0.717) is 25.3 Å². The minimum atomic E-state index is -0.0750. The summed E-state index contributed by atoms with van der Waals surface area (Å²) in [7, 11) is 0. The van der Waals surface area contributed by atoms with Crippen molar-refractivity contribution in [2.45, 2.75) is 30.2 Å². The number of likely N-dealkylation sites (tertiary alicyclic amines) is 1. The van der Waals surface area contributed by atoms with E-state index in [9.17, 15) is 9.59 Å². The first-order valence-electron chi connectivity index (χ1n) is 8.52. The lowest BCUT2D eigenvalue weighted by molar-refractivity contribution is -0.121. The second kappa shape index (κ2) is 8.76. The van der Waals surface area contributed by atoms with Crippen LogP contribution in [0.4, 0.5) is 0 Å². The van der Waals surface area contributed by atoms with Crippen LogP contribution in [-0.2, 0) is 4.79 Å². The SMILES string of the molecule is O=C(CCSc1ccccc1)NC1CCN(C(=O)c2ccco2)CC1. The maximum absolute atomic E-state index is 12.2. The van der Waals surface area contributed by atoms with Gasteiger partial charge < -0.3 is 14.6 Å². The maximum Gasteiger partial charge on any atom is 0.289 e. The van der Waals surface area contributed by atoms with Gasteiger partial charge in [-0.1, -0.05) is 18.2 Å². The van der Waals surface area contributed by atoms with Gasteiger partial charge in [-0.2, -0.15) is 0 Å². The van der Waals surface area contributed by atoms with Crippen molar-refractivity contribution in [3.63, 3.8) is 0 Å². The number of hydrogen-bond acceptors (Lipinski definition) is 4. The molecule has 1 aromatic heterocycles. The van der Waals surface area contributed by atoms with Gasteiger partial charge in [0, 0.05) is 36.2 Å². The van der Waals surface area contributed by atoms with Crippen LogP contribution in [0.3, 0.4) is 0 Å². The number of benzene rings is 1. The Hall–Kier alpha value is -2.21. The number of hydrogen-bond donors (Lipinski definition) is 1. The summed E-state index contributed by atoms with van der Waals surface area (Å²) in [6, 6.07) is 13.6. The topological polar surface area (TPSA) is 62.6 Å². The van der Waals surface area contributed by atoms with Crippen LogP contribution < -0.4 is 5.32 Å². The first kappa shape index (κ1) is 17.6. The summed E-state index contributed by atoms with van der Waals surface area (Å²) in [6.07, 6.45) is 3.58. The van der Waals surface area contributed by atoms with E-state index in [2.05, 4.69) is 5.32 Å². The van der Waals surface area contributed by atoms with Gasteiger partial charge in [0.1, 0.15) is 0 Å². The van der Waals surface area contributed by atoms with E-state index >= 15 is 0 Å². The van der Waals surface area contributed by atoms with Crippen LogP contribution >= 0.6 is 11.8 Å². The predicted octanol–water partition coefficient (Wildman–Crippen LogP) is 3.18. The average Bonchev–Trinajstić information content (AvgIpc) is 3.17. The lowest BCUT2D eigenvalue weighted by Gasteiger charge is -2.31. The van der Waals surface area contributed by atoms with Gasteiger partial charge in [0.05, 0.1) is 6.26 Å². The van der Waals surface area contributed by atoms with Crippen molar-refractivity contribution in [3.8, 4) is 0 Å². The van der Waals surface area contributed by atoms with E-state index in [1.807, 2.05) is 30.3 Å².